The molecule has 0 spiro atoms. The van der Waals surface area contributed by atoms with E-state index in [9.17, 15) is 9.59 Å². The van der Waals surface area contributed by atoms with E-state index in [1.54, 1.807) is 6.20 Å². The van der Waals surface area contributed by atoms with Crippen LogP contribution in [-0.2, 0) is 26.2 Å². The maximum Gasteiger partial charge on any atom is 0.306 e. The van der Waals surface area contributed by atoms with Gasteiger partial charge in [0.25, 0.3) is 5.91 Å². The third-order valence-corrected chi connectivity index (χ3v) is 4.83. The average molecular weight is 421 g/mol. The molecule has 0 radical (unpaired) electrons. The zero-order valence-electron chi connectivity index (χ0n) is 18.4. The number of amides is 1. The van der Waals surface area contributed by atoms with Crippen molar-refractivity contribution in [3.05, 3.63) is 71.7 Å². The molecule has 0 fully saturated rings. The van der Waals surface area contributed by atoms with Crippen molar-refractivity contribution in [2.45, 2.75) is 46.0 Å². The maximum atomic E-state index is 12.0. The summed E-state index contributed by atoms with van der Waals surface area (Å²) in [5.41, 5.74) is 3.98. The summed E-state index contributed by atoms with van der Waals surface area (Å²) in [6.45, 7) is 8.06. The maximum absolute atomic E-state index is 12.0. The number of nitrogens with zero attached hydrogens (tertiary/aromatic N) is 1. The summed E-state index contributed by atoms with van der Waals surface area (Å²) in [6, 6.07) is 15.6. The number of aryl methyl sites for hydroxylation is 2. The molecular formula is C25H28N2O4. The van der Waals surface area contributed by atoms with E-state index >= 15 is 0 Å². The summed E-state index contributed by atoms with van der Waals surface area (Å²) in [6.07, 6.45) is 2.03. The molecule has 3 aromatic rings. The second-order valence-corrected chi connectivity index (χ2v) is 8.52. The van der Waals surface area contributed by atoms with E-state index in [0.29, 0.717) is 23.8 Å². The van der Waals surface area contributed by atoms with Crippen LogP contribution in [0.25, 0.3) is 11.3 Å². The van der Waals surface area contributed by atoms with Crippen LogP contribution < -0.4 is 5.32 Å². The van der Waals surface area contributed by atoms with E-state index < -0.39 is 5.97 Å². The zero-order valence-corrected chi connectivity index (χ0v) is 18.4. The molecule has 1 heterocycles. The van der Waals surface area contributed by atoms with E-state index in [2.05, 4.69) is 31.1 Å². The standard InChI is InChI=1S/C25H28N2O4/c1-17-5-7-18(8-6-17)21-15-26-23(31-21)13-14-24(29)30-16-22(28)27-20-11-9-19(10-12-20)25(2,3)4/h5-12,15H,13-14,16H2,1-4H3,(H,27,28). The Morgan fingerprint density at radius 2 is 1.71 bits per heavy atom. The van der Waals surface area contributed by atoms with E-state index in [-0.39, 0.29) is 24.3 Å². The first-order chi connectivity index (χ1) is 14.7. The fraction of sp³-hybridized carbons (Fsp3) is 0.320. The Morgan fingerprint density at radius 1 is 1.03 bits per heavy atom. The number of esters is 1. The molecule has 0 aliphatic rings. The highest BCUT2D eigenvalue weighted by Crippen LogP contribution is 2.23. The Labute approximate surface area is 182 Å². The normalized spacial score (nSPS) is 11.2. The molecule has 1 amide bonds. The summed E-state index contributed by atoms with van der Waals surface area (Å²) in [5, 5.41) is 2.73. The van der Waals surface area contributed by atoms with Crippen LogP contribution in [-0.4, -0.2) is 23.5 Å². The molecule has 6 nitrogen and oxygen atoms in total. The molecule has 0 atom stereocenters. The SMILES string of the molecule is Cc1ccc(-c2cnc(CCC(=O)OCC(=O)Nc3ccc(C(C)(C)C)cc3)o2)cc1. The summed E-state index contributed by atoms with van der Waals surface area (Å²) < 4.78 is 10.8. The van der Waals surface area contributed by atoms with Crippen LogP contribution in [0.1, 0.15) is 44.2 Å². The second kappa shape index (κ2) is 9.60. The van der Waals surface area contributed by atoms with Gasteiger partial charge in [-0.2, -0.15) is 0 Å². The fourth-order valence-electron chi connectivity index (χ4n) is 2.95. The Bertz CT molecular complexity index is 1030. The number of benzene rings is 2. The van der Waals surface area contributed by atoms with Gasteiger partial charge in [0.2, 0.25) is 0 Å². The number of hydrogen-bond acceptors (Lipinski definition) is 5. The highest BCUT2D eigenvalue weighted by molar-refractivity contribution is 5.92. The van der Waals surface area contributed by atoms with Crippen molar-refractivity contribution in [3.63, 3.8) is 0 Å². The van der Waals surface area contributed by atoms with Gasteiger partial charge in [0, 0.05) is 17.7 Å². The number of ether oxygens (including phenoxy) is 1. The van der Waals surface area contributed by atoms with Gasteiger partial charge in [-0.1, -0.05) is 62.7 Å². The van der Waals surface area contributed by atoms with Crippen molar-refractivity contribution in [2.75, 3.05) is 11.9 Å². The summed E-state index contributed by atoms with van der Waals surface area (Å²) in [4.78, 5) is 28.2. The highest BCUT2D eigenvalue weighted by Gasteiger charge is 2.14. The molecule has 0 saturated carbocycles. The van der Waals surface area contributed by atoms with E-state index in [0.717, 1.165) is 11.1 Å². The zero-order chi connectivity index (χ0) is 22.4. The van der Waals surface area contributed by atoms with Crippen LogP contribution in [0.4, 0.5) is 5.69 Å². The minimum absolute atomic E-state index is 0.0435. The predicted molar refractivity (Wildman–Crippen MR) is 120 cm³/mol. The number of carbonyl (C=O) groups excluding carboxylic acids is 2. The molecule has 3 rings (SSSR count). The van der Waals surface area contributed by atoms with E-state index in [1.807, 2.05) is 55.5 Å². The van der Waals surface area contributed by atoms with Crippen LogP contribution in [0, 0.1) is 6.92 Å². The first-order valence-electron chi connectivity index (χ1n) is 10.3. The summed E-state index contributed by atoms with van der Waals surface area (Å²) in [5.74, 6) is 0.249. The van der Waals surface area contributed by atoms with Crippen molar-refractivity contribution in [2.24, 2.45) is 0 Å². The monoisotopic (exact) mass is 420 g/mol. The van der Waals surface area contributed by atoms with Crippen LogP contribution >= 0.6 is 0 Å². The van der Waals surface area contributed by atoms with Gasteiger partial charge in [0.05, 0.1) is 12.6 Å². The predicted octanol–water partition coefficient (Wildman–Crippen LogP) is 5.06. The Kier molecular flexibility index (Phi) is 6.90. The minimum atomic E-state index is -0.478. The van der Waals surface area contributed by atoms with Gasteiger partial charge < -0.3 is 14.5 Å². The molecule has 0 aliphatic carbocycles. The quantitative estimate of drug-likeness (QED) is 0.540. The molecule has 2 aromatic carbocycles. The number of nitrogens with one attached hydrogen (secondary N) is 1. The van der Waals surface area contributed by atoms with Crippen molar-refractivity contribution in [1.29, 1.82) is 0 Å². The molecule has 6 heteroatoms. The van der Waals surface area contributed by atoms with Crippen LogP contribution in [0.5, 0.6) is 0 Å². The van der Waals surface area contributed by atoms with Gasteiger partial charge in [0.1, 0.15) is 0 Å². The molecule has 31 heavy (non-hydrogen) atoms. The first kappa shape index (κ1) is 22.3. The third kappa shape index (κ3) is 6.54. The molecule has 1 aromatic heterocycles. The van der Waals surface area contributed by atoms with E-state index in [1.165, 1.54) is 5.56 Å². The average Bonchev–Trinajstić information content (AvgIpc) is 3.20. The van der Waals surface area contributed by atoms with Gasteiger partial charge in [-0.05, 0) is 30.0 Å². The Balaban J connectivity index is 1.42. The molecule has 0 bridgehead atoms. The fourth-order valence-corrected chi connectivity index (χ4v) is 2.95. The van der Waals surface area contributed by atoms with Crippen molar-refractivity contribution in [3.8, 4) is 11.3 Å². The smallest absolute Gasteiger partial charge is 0.306 e. The number of aromatic nitrogens is 1. The molecule has 0 unspecified atom stereocenters. The van der Waals surface area contributed by atoms with Gasteiger partial charge >= 0.3 is 5.97 Å². The summed E-state index contributed by atoms with van der Waals surface area (Å²) in [7, 11) is 0. The second-order valence-electron chi connectivity index (χ2n) is 8.52. The summed E-state index contributed by atoms with van der Waals surface area (Å²) >= 11 is 0. The number of anilines is 1. The van der Waals surface area contributed by atoms with Crippen molar-refractivity contribution < 1.29 is 18.7 Å². The van der Waals surface area contributed by atoms with Gasteiger partial charge in [-0.25, -0.2) is 4.98 Å². The Morgan fingerprint density at radius 3 is 2.35 bits per heavy atom. The lowest BCUT2D eigenvalue weighted by atomic mass is 9.87. The van der Waals surface area contributed by atoms with Gasteiger partial charge in [-0.15, -0.1) is 0 Å². The Hall–Kier alpha value is -3.41. The van der Waals surface area contributed by atoms with Crippen molar-refractivity contribution >= 4 is 17.6 Å². The largest absolute Gasteiger partial charge is 0.456 e. The van der Waals surface area contributed by atoms with Crippen LogP contribution in [0.15, 0.2) is 59.1 Å². The highest BCUT2D eigenvalue weighted by atomic mass is 16.5. The van der Waals surface area contributed by atoms with Crippen LogP contribution in [0.2, 0.25) is 0 Å². The molecular weight excluding hydrogens is 392 g/mol. The lowest BCUT2D eigenvalue weighted by molar-refractivity contribution is -0.147. The molecule has 162 valence electrons. The lowest BCUT2D eigenvalue weighted by Crippen LogP contribution is -2.21. The molecule has 0 saturated heterocycles. The first-order valence-corrected chi connectivity index (χ1v) is 10.3. The minimum Gasteiger partial charge on any atom is -0.456 e. The number of rotatable bonds is 7. The van der Waals surface area contributed by atoms with Gasteiger partial charge in [0.15, 0.2) is 18.3 Å². The molecule has 1 N–H and O–H groups in total. The van der Waals surface area contributed by atoms with Gasteiger partial charge in [-0.3, -0.25) is 9.59 Å². The number of oxazole rings is 1. The molecule has 0 aliphatic heterocycles. The van der Waals surface area contributed by atoms with Crippen molar-refractivity contribution in [1.82, 2.24) is 4.98 Å². The topological polar surface area (TPSA) is 81.4 Å². The number of carbonyl (C=O) groups is 2. The third-order valence-electron chi connectivity index (χ3n) is 4.83. The van der Waals surface area contributed by atoms with E-state index in [4.69, 9.17) is 9.15 Å². The number of hydrogen-bond donors (Lipinski definition) is 1. The van der Waals surface area contributed by atoms with Crippen LogP contribution in [0.3, 0.4) is 0 Å². The lowest BCUT2D eigenvalue weighted by Gasteiger charge is -2.19.